The van der Waals surface area contributed by atoms with Crippen LogP contribution in [0.2, 0.25) is 0 Å². The first kappa shape index (κ1) is 18.6. The molecule has 4 rings (SSSR count). The average Bonchev–Trinajstić information content (AvgIpc) is 3.13. The predicted molar refractivity (Wildman–Crippen MR) is 106 cm³/mol. The molecule has 27 heavy (non-hydrogen) atoms. The molecule has 0 aliphatic carbocycles. The second-order valence-electron chi connectivity index (χ2n) is 8.11. The number of likely N-dealkylation sites (tertiary alicyclic amines) is 1. The van der Waals surface area contributed by atoms with Crippen molar-refractivity contribution < 1.29 is 8.42 Å². The Labute approximate surface area is 162 Å². The van der Waals surface area contributed by atoms with E-state index < -0.39 is 15.6 Å². The minimum atomic E-state index is -3.44. The second kappa shape index (κ2) is 7.00. The van der Waals surface area contributed by atoms with Crippen LogP contribution in [0.15, 0.2) is 53.7 Å². The first-order valence-corrected chi connectivity index (χ1v) is 11.1. The third kappa shape index (κ3) is 3.20. The number of nitrogens with zero attached hydrogens (tertiary/aromatic N) is 3. The summed E-state index contributed by atoms with van der Waals surface area (Å²) in [6.07, 6.45) is 5.38. The van der Waals surface area contributed by atoms with Crippen molar-refractivity contribution in [1.29, 1.82) is 0 Å². The van der Waals surface area contributed by atoms with Crippen molar-refractivity contribution in [2.24, 2.45) is 5.92 Å². The van der Waals surface area contributed by atoms with E-state index in [4.69, 9.17) is 0 Å². The van der Waals surface area contributed by atoms with E-state index in [9.17, 15) is 8.42 Å². The van der Waals surface area contributed by atoms with E-state index in [0.717, 1.165) is 43.6 Å². The zero-order valence-electron chi connectivity index (χ0n) is 16.0. The van der Waals surface area contributed by atoms with Crippen LogP contribution in [0.1, 0.15) is 37.8 Å². The van der Waals surface area contributed by atoms with Gasteiger partial charge in [0.05, 0.1) is 10.4 Å². The molecule has 0 bridgehead atoms. The zero-order valence-corrected chi connectivity index (χ0v) is 16.8. The van der Waals surface area contributed by atoms with Gasteiger partial charge < -0.3 is 0 Å². The van der Waals surface area contributed by atoms with Crippen LogP contribution in [0.5, 0.6) is 0 Å². The van der Waals surface area contributed by atoms with E-state index >= 15 is 0 Å². The topological polar surface area (TPSA) is 53.5 Å². The lowest BCUT2D eigenvalue weighted by Gasteiger charge is -2.34. The highest BCUT2D eigenvalue weighted by Crippen LogP contribution is 2.49. The van der Waals surface area contributed by atoms with E-state index in [1.807, 2.05) is 30.5 Å². The van der Waals surface area contributed by atoms with Gasteiger partial charge in [-0.15, -0.1) is 0 Å². The number of hydrogen-bond acceptors (Lipinski definition) is 4. The maximum Gasteiger partial charge on any atom is 0.244 e. The highest BCUT2D eigenvalue weighted by molar-refractivity contribution is 7.89. The van der Waals surface area contributed by atoms with Crippen LogP contribution in [0.25, 0.3) is 0 Å². The standard InChI is InChI=1S/C21H27N3O2S/c1-17(2)9-12-24-21(19-7-3-4-8-20(19)27(24,25)26)10-13-23(16-21)15-18-6-5-11-22-14-18/h3-8,11,14,17H,9-10,12-13,15-16H2,1-2H3/t21-/m0/s1. The summed E-state index contributed by atoms with van der Waals surface area (Å²) in [6, 6.07) is 11.6. The normalized spacial score (nSPS) is 24.7. The molecule has 0 amide bonds. The fourth-order valence-electron chi connectivity index (χ4n) is 4.45. The number of benzene rings is 1. The van der Waals surface area contributed by atoms with Crippen LogP contribution in [-0.4, -0.2) is 42.2 Å². The molecule has 2 aromatic rings. The molecular weight excluding hydrogens is 358 g/mol. The molecule has 1 aromatic heterocycles. The fourth-order valence-corrected chi connectivity index (χ4v) is 6.53. The summed E-state index contributed by atoms with van der Waals surface area (Å²) in [5.41, 5.74) is 1.70. The summed E-state index contributed by atoms with van der Waals surface area (Å²) in [4.78, 5) is 7.06. The minimum Gasteiger partial charge on any atom is -0.297 e. The highest BCUT2D eigenvalue weighted by atomic mass is 32.2. The van der Waals surface area contributed by atoms with Crippen molar-refractivity contribution in [2.75, 3.05) is 19.6 Å². The molecule has 2 aliphatic rings. The number of sulfonamides is 1. The first-order chi connectivity index (χ1) is 12.9. The lowest BCUT2D eigenvalue weighted by atomic mass is 9.88. The van der Waals surface area contributed by atoms with Crippen molar-refractivity contribution in [3.63, 3.8) is 0 Å². The highest BCUT2D eigenvalue weighted by Gasteiger charge is 2.56. The Morgan fingerprint density at radius 2 is 2.00 bits per heavy atom. The number of pyridine rings is 1. The molecule has 1 atom stereocenters. The number of fused-ring (bicyclic) bond motifs is 2. The van der Waals surface area contributed by atoms with Gasteiger partial charge >= 0.3 is 0 Å². The Morgan fingerprint density at radius 1 is 1.19 bits per heavy atom. The fraction of sp³-hybridized carbons (Fsp3) is 0.476. The molecule has 0 saturated carbocycles. The van der Waals surface area contributed by atoms with Crippen molar-refractivity contribution in [3.05, 3.63) is 59.9 Å². The van der Waals surface area contributed by atoms with Gasteiger partial charge in [0, 0.05) is 38.6 Å². The Kier molecular flexibility index (Phi) is 4.82. The van der Waals surface area contributed by atoms with Crippen LogP contribution in [0.4, 0.5) is 0 Å². The van der Waals surface area contributed by atoms with Crippen LogP contribution < -0.4 is 0 Å². The Bertz CT molecular complexity index is 914. The van der Waals surface area contributed by atoms with Crippen LogP contribution in [0.3, 0.4) is 0 Å². The molecule has 0 unspecified atom stereocenters. The lowest BCUT2D eigenvalue weighted by molar-refractivity contribution is 0.183. The molecule has 5 nitrogen and oxygen atoms in total. The smallest absolute Gasteiger partial charge is 0.244 e. The first-order valence-electron chi connectivity index (χ1n) is 9.67. The van der Waals surface area contributed by atoms with E-state index in [0.29, 0.717) is 17.4 Å². The van der Waals surface area contributed by atoms with Crippen molar-refractivity contribution in [1.82, 2.24) is 14.2 Å². The summed E-state index contributed by atoms with van der Waals surface area (Å²) in [5.74, 6) is 0.467. The van der Waals surface area contributed by atoms with Gasteiger partial charge in [-0.2, -0.15) is 4.31 Å². The average molecular weight is 386 g/mol. The van der Waals surface area contributed by atoms with Crippen molar-refractivity contribution >= 4 is 10.0 Å². The number of aromatic nitrogens is 1. The third-order valence-corrected chi connectivity index (χ3v) is 7.82. The second-order valence-corrected chi connectivity index (χ2v) is 9.94. The van der Waals surface area contributed by atoms with E-state index in [1.54, 1.807) is 16.6 Å². The van der Waals surface area contributed by atoms with Crippen LogP contribution in [-0.2, 0) is 22.1 Å². The molecule has 144 valence electrons. The van der Waals surface area contributed by atoms with Gasteiger partial charge in [0.1, 0.15) is 0 Å². The van der Waals surface area contributed by atoms with E-state index in [-0.39, 0.29) is 0 Å². The van der Waals surface area contributed by atoms with Gasteiger partial charge in [0.2, 0.25) is 10.0 Å². The van der Waals surface area contributed by atoms with E-state index in [1.165, 1.54) is 0 Å². The molecule has 1 spiro atoms. The SMILES string of the molecule is CC(C)CCN1[C@]2(CCN(Cc3cccnc3)C2)c2ccccc2S1(=O)=O. The maximum absolute atomic E-state index is 13.3. The van der Waals surface area contributed by atoms with E-state index in [2.05, 4.69) is 29.8 Å². The third-order valence-electron chi connectivity index (χ3n) is 5.80. The van der Waals surface area contributed by atoms with Crippen molar-refractivity contribution in [2.45, 2.75) is 43.7 Å². The molecule has 1 aromatic carbocycles. The Hall–Kier alpha value is -1.76. The van der Waals surface area contributed by atoms with Gasteiger partial charge in [-0.1, -0.05) is 38.1 Å². The van der Waals surface area contributed by atoms with Gasteiger partial charge in [-0.05, 0) is 42.0 Å². The zero-order chi connectivity index (χ0) is 19.1. The summed E-state index contributed by atoms with van der Waals surface area (Å²) in [7, 11) is -3.44. The molecule has 3 heterocycles. The van der Waals surface area contributed by atoms with Gasteiger partial charge in [-0.3, -0.25) is 9.88 Å². The Morgan fingerprint density at radius 3 is 2.74 bits per heavy atom. The number of rotatable bonds is 5. The minimum absolute atomic E-state index is 0.438. The predicted octanol–water partition coefficient (Wildman–Crippen LogP) is 3.23. The molecular formula is C21H27N3O2S. The van der Waals surface area contributed by atoms with Crippen LogP contribution >= 0.6 is 0 Å². The quantitative estimate of drug-likeness (QED) is 0.793. The largest absolute Gasteiger partial charge is 0.297 e. The summed E-state index contributed by atoms with van der Waals surface area (Å²) in [5, 5.41) is 0. The summed E-state index contributed by atoms with van der Waals surface area (Å²) < 4.78 is 28.4. The monoisotopic (exact) mass is 385 g/mol. The maximum atomic E-state index is 13.3. The van der Waals surface area contributed by atoms with Gasteiger partial charge in [0.15, 0.2) is 0 Å². The number of hydrogen-bond donors (Lipinski definition) is 0. The van der Waals surface area contributed by atoms with Gasteiger partial charge in [-0.25, -0.2) is 8.42 Å². The molecule has 1 saturated heterocycles. The summed E-state index contributed by atoms with van der Waals surface area (Å²) >= 11 is 0. The van der Waals surface area contributed by atoms with Gasteiger partial charge in [0.25, 0.3) is 0 Å². The molecule has 0 N–H and O–H groups in total. The lowest BCUT2D eigenvalue weighted by Crippen LogP contribution is -2.46. The molecule has 1 fully saturated rings. The molecule has 6 heteroatoms. The Balaban J connectivity index is 1.68. The van der Waals surface area contributed by atoms with Crippen molar-refractivity contribution in [3.8, 4) is 0 Å². The molecule has 0 radical (unpaired) electrons. The van der Waals surface area contributed by atoms with Crippen LogP contribution in [0, 0.1) is 5.92 Å². The molecule has 2 aliphatic heterocycles. The summed E-state index contributed by atoms with van der Waals surface area (Å²) in [6.45, 7) is 7.29.